The molecule has 1 saturated heterocycles. The van der Waals surface area contributed by atoms with E-state index < -0.39 is 6.16 Å². The molecule has 0 radical (unpaired) electrons. The fraction of sp³-hybridized carbons (Fsp3) is 0.320. The first kappa shape index (κ1) is 23.8. The number of methoxy groups -OCH3 is 1. The standard InChI is InChI=1S/C25H28N2O6/c1-3-32-25(30)33-22-11-7-19(8-12-22)24(29)26-20-14-16-27(17-15-20)23(28)13-6-18-4-9-21(31-2)10-5-18/h4-13,20H,3,14-17H2,1-2H3,(H,26,29)/b13-6+. The van der Waals surface area contributed by atoms with Gasteiger partial charge in [-0.15, -0.1) is 0 Å². The minimum atomic E-state index is -0.783. The van der Waals surface area contributed by atoms with Gasteiger partial charge in [-0.25, -0.2) is 4.79 Å². The van der Waals surface area contributed by atoms with Gasteiger partial charge in [0.1, 0.15) is 11.5 Å². The van der Waals surface area contributed by atoms with E-state index in [1.165, 1.54) is 0 Å². The van der Waals surface area contributed by atoms with Crippen molar-refractivity contribution in [1.29, 1.82) is 0 Å². The molecule has 1 aliphatic heterocycles. The number of ether oxygens (including phenoxy) is 3. The molecule has 1 N–H and O–H groups in total. The maximum Gasteiger partial charge on any atom is 0.513 e. The topological polar surface area (TPSA) is 94.2 Å². The molecule has 33 heavy (non-hydrogen) atoms. The summed E-state index contributed by atoms with van der Waals surface area (Å²) >= 11 is 0. The van der Waals surface area contributed by atoms with Crippen LogP contribution in [0.4, 0.5) is 4.79 Å². The van der Waals surface area contributed by atoms with Crippen molar-refractivity contribution in [2.45, 2.75) is 25.8 Å². The van der Waals surface area contributed by atoms with Crippen LogP contribution in [0, 0.1) is 0 Å². The number of hydrogen-bond acceptors (Lipinski definition) is 6. The summed E-state index contributed by atoms with van der Waals surface area (Å²) < 4.78 is 14.8. The molecule has 174 valence electrons. The lowest BCUT2D eigenvalue weighted by atomic mass is 10.0. The van der Waals surface area contributed by atoms with Gasteiger partial charge in [0.05, 0.1) is 13.7 Å². The van der Waals surface area contributed by atoms with Crippen LogP contribution in [0.25, 0.3) is 6.08 Å². The monoisotopic (exact) mass is 452 g/mol. The number of nitrogens with one attached hydrogen (secondary N) is 1. The van der Waals surface area contributed by atoms with Gasteiger partial charge in [-0.05, 0) is 67.8 Å². The Bertz CT molecular complexity index is 977. The van der Waals surface area contributed by atoms with Crippen LogP contribution >= 0.6 is 0 Å². The molecule has 2 aromatic carbocycles. The van der Waals surface area contributed by atoms with Gasteiger partial charge < -0.3 is 24.4 Å². The summed E-state index contributed by atoms with van der Waals surface area (Å²) in [6, 6.07) is 13.7. The second-order valence-electron chi connectivity index (χ2n) is 7.49. The molecule has 8 heteroatoms. The number of piperidine rings is 1. The van der Waals surface area contributed by atoms with Gasteiger partial charge in [0.25, 0.3) is 5.91 Å². The molecule has 0 atom stereocenters. The Morgan fingerprint density at radius 2 is 1.64 bits per heavy atom. The number of hydrogen-bond donors (Lipinski definition) is 1. The van der Waals surface area contributed by atoms with E-state index in [0.29, 0.717) is 37.2 Å². The number of carbonyl (C=O) groups is 3. The fourth-order valence-corrected chi connectivity index (χ4v) is 3.42. The quantitative estimate of drug-likeness (QED) is 0.391. The van der Waals surface area contributed by atoms with E-state index in [9.17, 15) is 14.4 Å². The van der Waals surface area contributed by atoms with E-state index in [1.807, 2.05) is 24.3 Å². The Hall–Kier alpha value is -3.81. The number of benzene rings is 2. The third-order valence-electron chi connectivity index (χ3n) is 5.26. The molecular weight excluding hydrogens is 424 g/mol. The zero-order chi connectivity index (χ0) is 23.6. The Labute approximate surface area is 193 Å². The molecule has 0 spiro atoms. The molecule has 8 nitrogen and oxygen atoms in total. The van der Waals surface area contributed by atoms with Crippen LogP contribution in [0.2, 0.25) is 0 Å². The van der Waals surface area contributed by atoms with E-state index in [-0.39, 0.29) is 24.5 Å². The van der Waals surface area contributed by atoms with Crippen LogP contribution < -0.4 is 14.8 Å². The van der Waals surface area contributed by atoms with E-state index in [4.69, 9.17) is 14.2 Å². The Morgan fingerprint density at radius 3 is 2.24 bits per heavy atom. The molecule has 1 fully saturated rings. The van der Waals surface area contributed by atoms with Gasteiger partial charge in [0, 0.05) is 30.8 Å². The molecule has 1 heterocycles. The van der Waals surface area contributed by atoms with Crippen molar-refractivity contribution in [3.63, 3.8) is 0 Å². The maximum absolute atomic E-state index is 12.5. The van der Waals surface area contributed by atoms with E-state index in [2.05, 4.69) is 5.32 Å². The van der Waals surface area contributed by atoms with Crippen LogP contribution in [0.3, 0.4) is 0 Å². The lowest BCUT2D eigenvalue weighted by molar-refractivity contribution is -0.127. The van der Waals surface area contributed by atoms with Crippen molar-refractivity contribution in [1.82, 2.24) is 10.2 Å². The van der Waals surface area contributed by atoms with Crippen LogP contribution in [0.1, 0.15) is 35.7 Å². The largest absolute Gasteiger partial charge is 0.513 e. The van der Waals surface area contributed by atoms with Gasteiger partial charge in [-0.3, -0.25) is 9.59 Å². The molecule has 0 bridgehead atoms. The predicted octanol–water partition coefficient (Wildman–Crippen LogP) is 3.66. The first-order chi connectivity index (χ1) is 16.0. The first-order valence-electron chi connectivity index (χ1n) is 10.8. The summed E-state index contributed by atoms with van der Waals surface area (Å²) in [7, 11) is 1.61. The minimum absolute atomic E-state index is 0.0115. The van der Waals surface area contributed by atoms with Crippen LogP contribution in [-0.2, 0) is 9.53 Å². The van der Waals surface area contributed by atoms with Gasteiger partial charge >= 0.3 is 6.16 Å². The second kappa shape index (κ2) is 11.7. The maximum atomic E-state index is 12.5. The average molecular weight is 453 g/mol. The summed E-state index contributed by atoms with van der Waals surface area (Å²) in [6.45, 7) is 3.06. The fourth-order valence-electron chi connectivity index (χ4n) is 3.42. The third kappa shape index (κ3) is 7.10. The molecule has 1 aliphatic rings. The van der Waals surface area contributed by atoms with Crippen molar-refractivity contribution in [3.8, 4) is 11.5 Å². The Balaban J connectivity index is 1.44. The highest BCUT2D eigenvalue weighted by Crippen LogP contribution is 2.16. The number of likely N-dealkylation sites (tertiary alicyclic amines) is 1. The lowest BCUT2D eigenvalue weighted by Crippen LogP contribution is -2.46. The number of nitrogens with zero attached hydrogens (tertiary/aromatic N) is 1. The summed E-state index contributed by atoms with van der Waals surface area (Å²) in [4.78, 5) is 38.1. The number of amides is 2. The second-order valence-corrected chi connectivity index (χ2v) is 7.49. The lowest BCUT2D eigenvalue weighted by Gasteiger charge is -2.31. The van der Waals surface area contributed by atoms with Crippen molar-refractivity contribution in [2.75, 3.05) is 26.8 Å². The van der Waals surface area contributed by atoms with E-state index >= 15 is 0 Å². The van der Waals surface area contributed by atoms with Crippen molar-refractivity contribution in [3.05, 3.63) is 65.7 Å². The first-order valence-corrected chi connectivity index (χ1v) is 10.8. The van der Waals surface area contributed by atoms with E-state index in [1.54, 1.807) is 55.4 Å². The Morgan fingerprint density at radius 1 is 1.00 bits per heavy atom. The Kier molecular flexibility index (Phi) is 8.46. The minimum Gasteiger partial charge on any atom is -0.497 e. The molecule has 2 amide bonds. The van der Waals surface area contributed by atoms with Crippen LogP contribution in [0.5, 0.6) is 11.5 Å². The van der Waals surface area contributed by atoms with Crippen molar-refractivity contribution < 1.29 is 28.6 Å². The number of carbonyl (C=O) groups excluding carboxylic acids is 3. The summed E-state index contributed by atoms with van der Waals surface area (Å²) in [6.07, 6.45) is 3.93. The summed E-state index contributed by atoms with van der Waals surface area (Å²) in [5.74, 6) is 0.817. The molecule has 0 saturated carbocycles. The summed E-state index contributed by atoms with van der Waals surface area (Å²) in [5.41, 5.74) is 1.39. The molecule has 2 aromatic rings. The molecular formula is C25H28N2O6. The van der Waals surface area contributed by atoms with Crippen LogP contribution in [0.15, 0.2) is 54.6 Å². The third-order valence-corrected chi connectivity index (χ3v) is 5.26. The average Bonchev–Trinajstić information content (AvgIpc) is 2.84. The van der Waals surface area contributed by atoms with Gasteiger partial charge in [-0.1, -0.05) is 12.1 Å². The van der Waals surface area contributed by atoms with Gasteiger partial charge in [0.15, 0.2) is 0 Å². The predicted molar refractivity (Wildman–Crippen MR) is 123 cm³/mol. The normalized spacial score (nSPS) is 14.1. The smallest absolute Gasteiger partial charge is 0.497 e. The summed E-state index contributed by atoms with van der Waals surface area (Å²) in [5, 5.41) is 3.00. The molecule has 0 aliphatic carbocycles. The zero-order valence-corrected chi connectivity index (χ0v) is 18.8. The molecule has 0 unspecified atom stereocenters. The highest BCUT2D eigenvalue weighted by Gasteiger charge is 2.23. The molecule has 3 rings (SSSR count). The highest BCUT2D eigenvalue weighted by atomic mass is 16.7. The molecule has 0 aromatic heterocycles. The van der Waals surface area contributed by atoms with Crippen molar-refractivity contribution in [2.24, 2.45) is 0 Å². The van der Waals surface area contributed by atoms with Gasteiger partial charge in [0.2, 0.25) is 5.91 Å². The SMILES string of the molecule is CCOC(=O)Oc1ccc(C(=O)NC2CCN(C(=O)/C=C/c3ccc(OC)cc3)CC2)cc1. The van der Waals surface area contributed by atoms with Crippen molar-refractivity contribution >= 4 is 24.0 Å². The van der Waals surface area contributed by atoms with Crippen LogP contribution in [-0.4, -0.2) is 55.7 Å². The van der Waals surface area contributed by atoms with E-state index in [0.717, 1.165) is 11.3 Å². The highest BCUT2D eigenvalue weighted by molar-refractivity contribution is 5.94. The zero-order valence-electron chi connectivity index (χ0n) is 18.8. The number of rotatable bonds is 7. The van der Waals surface area contributed by atoms with Gasteiger partial charge in [-0.2, -0.15) is 0 Å².